The molecule has 2 aliphatic rings. The molecule has 0 bridgehead atoms. The summed E-state index contributed by atoms with van der Waals surface area (Å²) in [6, 6.07) is 12.9. The summed E-state index contributed by atoms with van der Waals surface area (Å²) in [6.07, 6.45) is 2.59. The summed E-state index contributed by atoms with van der Waals surface area (Å²) in [5.41, 5.74) is 2.32. The van der Waals surface area contributed by atoms with E-state index in [1.165, 1.54) is 0 Å². The lowest BCUT2D eigenvalue weighted by atomic mass is 9.65. The Kier molecular flexibility index (Phi) is 5.18. The van der Waals surface area contributed by atoms with Gasteiger partial charge in [-0.1, -0.05) is 47.5 Å². The van der Waals surface area contributed by atoms with Crippen LogP contribution in [-0.2, 0) is 15.0 Å². The highest BCUT2D eigenvalue weighted by molar-refractivity contribution is 6.33. The number of hydrogen-bond donors (Lipinski definition) is 1. The zero-order chi connectivity index (χ0) is 20.8. The van der Waals surface area contributed by atoms with E-state index in [9.17, 15) is 9.59 Å². The van der Waals surface area contributed by atoms with Crippen molar-refractivity contribution in [2.75, 3.05) is 11.9 Å². The van der Waals surface area contributed by atoms with E-state index < -0.39 is 5.41 Å². The second-order valence-electron chi connectivity index (χ2n) is 7.63. The predicted molar refractivity (Wildman–Crippen MR) is 116 cm³/mol. The average molecular weight is 429 g/mol. The van der Waals surface area contributed by atoms with Gasteiger partial charge in [-0.25, -0.2) is 0 Å². The number of nitrogens with one attached hydrogen (secondary N) is 1. The fraction of sp³-hybridized carbons (Fsp3) is 0.304. The average Bonchev–Trinajstić information content (AvgIpc) is 2.88. The number of hydrogen-bond acceptors (Lipinski definition) is 2. The predicted octanol–water partition coefficient (Wildman–Crippen LogP) is 5.51. The highest BCUT2D eigenvalue weighted by atomic mass is 35.5. The van der Waals surface area contributed by atoms with Gasteiger partial charge in [0.15, 0.2) is 0 Å². The minimum absolute atomic E-state index is 0.00393. The Morgan fingerprint density at radius 3 is 2.69 bits per heavy atom. The van der Waals surface area contributed by atoms with Gasteiger partial charge in [-0.3, -0.25) is 9.59 Å². The maximum absolute atomic E-state index is 13.5. The number of rotatable bonds is 2. The van der Waals surface area contributed by atoms with Crippen LogP contribution in [0.3, 0.4) is 0 Å². The van der Waals surface area contributed by atoms with E-state index >= 15 is 0 Å². The van der Waals surface area contributed by atoms with Crippen LogP contribution in [0.25, 0.3) is 0 Å². The van der Waals surface area contributed by atoms with Crippen molar-refractivity contribution < 1.29 is 9.59 Å². The molecule has 4 rings (SSSR count). The fourth-order valence-electron chi connectivity index (χ4n) is 4.70. The van der Waals surface area contributed by atoms with E-state index in [0.29, 0.717) is 23.0 Å². The SMILES string of the molecule is CC=C(C)N1CC[C@]2(C(=O)Nc3cccc(Cl)c32)[C@H](c2cccc(Cl)c2)CC1=O. The van der Waals surface area contributed by atoms with Crippen molar-refractivity contribution in [1.82, 2.24) is 4.90 Å². The Hall–Kier alpha value is -2.30. The first-order chi connectivity index (χ1) is 13.9. The number of carbonyl (C=O) groups is 2. The van der Waals surface area contributed by atoms with Gasteiger partial charge in [0.25, 0.3) is 0 Å². The summed E-state index contributed by atoms with van der Waals surface area (Å²) in [4.78, 5) is 28.5. The maximum Gasteiger partial charge on any atom is 0.235 e. The van der Waals surface area contributed by atoms with Crippen LogP contribution in [0.4, 0.5) is 5.69 Å². The van der Waals surface area contributed by atoms with Gasteiger partial charge >= 0.3 is 0 Å². The molecule has 0 aromatic heterocycles. The molecule has 150 valence electrons. The van der Waals surface area contributed by atoms with Gasteiger partial charge in [0, 0.05) is 45.9 Å². The van der Waals surface area contributed by atoms with Gasteiger partial charge in [0.05, 0.1) is 5.41 Å². The monoisotopic (exact) mass is 428 g/mol. The summed E-state index contributed by atoms with van der Waals surface area (Å²) >= 11 is 12.9. The zero-order valence-corrected chi connectivity index (χ0v) is 17.8. The van der Waals surface area contributed by atoms with Gasteiger partial charge < -0.3 is 10.2 Å². The van der Waals surface area contributed by atoms with Gasteiger partial charge in [-0.2, -0.15) is 0 Å². The standard InChI is InChI=1S/C23H22Cl2N2O2/c1-3-14(2)27-11-10-23(21-18(25)8-5-9-19(21)26-22(23)29)17(13-20(27)28)15-6-4-7-16(24)12-15/h3-9,12,17H,10-11,13H2,1-2H3,(H,26,29)/t17-,23-/m0/s1. The Bertz CT molecular complexity index is 1030. The van der Waals surface area contributed by atoms with Gasteiger partial charge in [-0.05, 0) is 50.1 Å². The number of fused-ring (bicyclic) bond motifs is 2. The first-order valence-corrected chi connectivity index (χ1v) is 10.4. The third kappa shape index (κ3) is 3.15. The number of amides is 2. The van der Waals surface area contributed by atoms with Crippen LogP contribution in [0.1, 0.15) is 43.7 Å². The van der Waals surface area contributed by atoms with Crippen molar-refractivity contribution in [3.05, 3.63) is 75.4 Å². The Morgan fingerprint density at radius 2 is 1.97 bits per heavy atom. The first kappa shape index (κ1) is 20.0. The van der Waals surface area contributed by atoms with Crippen LogP contribution in [0.5, 0.6) is 0 Å². The molecule has 1 saturated heterocycles. The van der Waals surface area contributed by atoms with Crippen LogP contribution >= 0.6 is 23.2 Å². The molecular formula is C23H22Cl2N2O2. The molecule has 29 heavy (non-hydrogen) atoms. The highest BCUT2D eigenvalue weighted by Crippen LogP contribution is 2.54. The third-order valence-corrected chi connectivity index (χ3v) is 6.76. The summed E-state index contributed by atoms with van der Waals surface area (Å²) in [6.45, 7) is 4.27. The van der Waals surface area contributed by atoms with Crippen LogP contribution in [0, 0.1) is 0 Å². The molecule has 1 fully saturated rings. The van der Waals surface area contributed by atoms with Gasteiger partial charge in [0.2, 0.25) is 11.8 Å². The van der Waals surface area contributed by atoms with E-state index in [1.54, 1.807) is 17.0 Å². The number of anilines is 1. The lowest BCUT2D eigenvalue weighted by Gasteiger charge is -2.34. The fourth-order valence-corrected chi connectivity index (χ4v) is 5.24. The second kappa shape index (κ2) is 7.51. The number of benzene rings is 2. The minimum atomic E-state index is -0.934. The summed E-state index contributed by atoms with van der Waals surface area (Å²) in [5, 5.41) is 4.13. The molecule has 6 heteroatoms. The number of nitrogens with zero attached hydrogens (tertiary/aromatic N) is 1. The Labute approximate surface area is 180 Å². The van der Waals surface area contributed by atoms with Crippen molar-refractivity contribution >= 4 is 40.7 Å². The summed E-state index contributed by atoms with van der Waals surface area (Å²) in [7, 11) is 0. The molecule has 0 aliphatic carbocycles. The summed E-state index contributed by atoms with van der Waals surface area (Å²) < 4.78 is 0. The third-order valence-electron chi connectivity index (χ3n) is 6.21. The maximum atomic E-state index is 13.5. The topological polar surface area (TPSA) is 49.4 Å². The molecule has 0 radical (unpaired) electrons. The van der Waals surface area contributed by atoms with Crippen LogP contribution in [-0.4, -0.2) is 23.3 Å². The van der Waals surface area contributed by atoms with Gasteiger partial charge in [-0.15, -0.1) is 0 Å². The number of halogens is 2. The minimum Gasteiger partial charge on any atom is -0.325 e. The molecule has 2 heterocycles. The van der Waals surface area contributed by atoms with Crippen LogP contribution in [0.15, 0.2) is 54.2 Å². The number of allylic oxidation sites excluding steroid dienone is 2. The molecule has 2 aliphatic heterocycles. The molecule has 0 unspecified atom stereocenters. The molecule has 2 aromatic rings. The van der Waals surface area contributed by atoms with E-state index in [0.717, 1.165) is 22.5 Å². The van der Waals surface area contributed by atoms with E-state index in [1.807, 2.05) is 50.3 Å². The van der Waals surface area contributed by atoms with Crippen molar-refractivity contribution in [2.45, 2.75) is 38.0 Å². The summed E-state index contributed by atoms with van der Waals surface area (Å²) in [5.74, 6) is -0.487. The van der Waals surface area contributed by atoms with Crippen molar-refractivity contribution in [1.29, 1.82) is 0 Å². The molecule has 2 atom stereocenters. The van der Waals surface area contributed by atoms with Crippen molar-refractivity contribution in [2.24, 2.45) is 0 Å². The first-order valence-electron chi connectivity index (χ1n) is 9.67. The quantitative estimate of drug-likeness (QED) is 0.684. The number of carbonyl (C=O) groups excluding carboxylic acids is 2. The molecule has 2 aromatic carbocycles. The molecule has 4 nitrogen and oxygen atoms in total. The Balaban J connectivity index is 1.95. The normalized spacial score (nSPS) is 24.5. The highest BCUT2D eigenvalue weighted by Gasteiger charge is 2.55. The lowest BCUT2D eigenvalue weighted by molar-refractivity contribution is -0.129. The second-order valence-corrected chi connectivity index (χ2v) is 8.47. The molecular weight excluding hydrogens is 407 g/mol. The van der Waals surface area contributed by atoms with Crippen molar-refractivity contribution in [3.8, 4) is 0 Å². The smallest absolute Gasteiger partial charge is 0.235 e. The van der Waals surface area contributed by atoms with Crippen molar-refractivity contribution in [3.63, 3.8) is 0 Å². The van der Waals surface area contributed by atoms with E-state index in [2.05, 4.69) is 5.32 Å². The van der Waals surface area contributed by atoms with Crippen LogP contribution < -0.4 is 5.32 Å². The lowest BCUT2D eigenvalue weighted by Crippen LogP contribution is -2.41. The van der Waals surface area contributed by atoms with E-state index in [-0.39, 0.29) is 24.2 Å². The molecule has 1 N–H and O–H groups in total. The molecule has 1 spiro atoms. The van der Waals surface area contributed by atoms with Crippen LogP contribution in [0.2, 0.25) is 10.0 Å². The molecule has 0 saturated carbocycles. The van der Waals surface area contributed by atoms with Gasteiger partial charge in [0.1, 0.15) is 0 Å². The Morgan fingerprint density at radius 1 is 1.21 bits per heavy atom. The largest absolute Gasteiger partial charge is 0.325 e. The zero-order valence-electron chi connectivity index (χ0n) is 16.3. The van der Waals surface area contributed by atoms with E-state index in [4.69, 9.17) is 23.2 Å². The molecule has 2 amide bonds. The number of likely N-dealkylation sites (tertiary alicyclic amines) is 1.